The van der Waals surface area contributed by atoms with Crippen molar-refractivity contribution in [2.24, 2.45) is 5.92 Å². The highest BCUT2D eigenvalue weighted by atomic mass is 16.7. The van der Waals surface area contributed by atoms with Gasteiger partial charge in [0.15, 0.2) is 6.29 Å². The third kappa shape index (κ3) is 9.49. The third-order valence-corrected chi connectivity index (χ3v) is 10.5. The number of rotatable bonds is 9. The van der Waals surface area contributed by atoms with Crippen LogP contribution in [0.4, 0.5) is 0 Å². The van der Waals surface area contributed by atoms with E-state index in [-0.39, 0.29) is 0 Å². The topological polar surface area (TPSA) is 55.4 Å². The molecule has 2 heterocycles. The van der Waals surface area contributed by atoms with E-state index in [2.05, 4.69) is 72.8 Å². The molecule has 2 fully saturated rings. The van der Waals surface area contributed by atoms with Gasteiger partial charge in [-0.3, -0.25) is 0 Å². The molecule has 1 saturated heterocycles. The molecule has 2 bridgehead atoms. The molecule has 0 N–H and O–H groups in total. The highest BCUT2D eigenvalue weighted by Gasteiger charge is 2.49. The van der Waals surface area contributed by atoms with Crippen LogP contribution < -0.4 is 0 Å². The minimum absolute atomic E-state index is 0.346. The molecule has 7 rings (SSSR count). The molecule has 264 valence electrons. The number of hydrogen-bond acceptors (Lipinski definition) is 6. The molecule has 3 aliphatic rings. The summed E-state index contributed by atoms with van der Waals surface area (Å²) >= 11 is 0. The van der Waals surface area contributed by atoms with Gasteiger partial charge >= 0.3 is 0 Å². The minimum atomic E-state index is -0.631. The fraction of sp³-hybridized carbons (Fsp3) is 0.455. The van der Waals surface area contributed by atoms with Gasteiger partial charge in [0.05, 0.1) is 39.6 Å². The maximum Gasteiger partial charge on any atom is 0.186 e. The van der Waals surface area contributed by atoms with Crippen LogP contribution in [0.25, 0.3) is 0 Å². The highest BCUT2D eigenvalue weighted by Crippen LogP contribution is 2.33. The average molecular weight is 677 g/mol. The van der Waals surface area contributed by atoms with E-state index in [0.29, 0.717) is 45.6 Å². The first kappa shape index (κ1) is 35.1. The molecular formula is C44H52O6. The Morgan fingerprint density at radius 2 is 1.10 bits per heavy atom. The molecular weight excluding hydrogens is 624 g/mol. The van der Waals surface area contributed by atoms with E-state index in [1.165, 1.54) is 54.4 Å². The summed E-state index contributed by atoms with van der Waals surface area (Å²) in [6, 6.07) is 37.9. The number of fused-ring (bicyclic) bond motifs is 4. The highest BCUT2D eigenvalue weighted by molar-refractivity contribution is 5.29. The van der Waals surface area contributed by atoms with Crippen molar-refractivity contribution in [3.8, 4) is 0 Å². The Labute approximate surface area is 298 Å². The molecule has 0 unspecified atom stereocenters. The van der Waals surface area contributed by atoms with Gasteiger partial charge in [0.1, 0.15) is 24.4 Å². The van der Waals surface area contributed by atoms with E-state index >= 15 is 0 Å². The summed E-state index contributed by atoms with van der Waals surface area (Å²) < 4.78 is 40.9. The van der Waals surface area contributed by atoms with Crippen LogP contribution in [0.5, 0.6) is 0 Å². The molecule has 1 saturated carbocycles. The van der Waals surface area contributed by atoms with Gasteiger partial charge in [-0.2, -0.15) is 0 Å². The van der Waals surface area contributed by atoms with Crippen LogP contribution in [0.2, 0.25) is 0 Å². The fourth-order valence-corrected chi connectivity index (χ4v) is 7.66. The van der Waals surface area contributed by atoms with E-state index in [4.69, 9.17) is 28.4 Å². The van der Waals surface area contributed by atoms with Gasteiger partial charge in [-0.1, -0.05) is 128 Å². The summed E-state index contributed by atoms with van der Waals surface area (Å²) in [5, 5.41) is 0. The Morgan fingerprint density at radius 1 is 0.540 bits per heavy atom. The van der Waals surface area contributed by atoms with Crippen molar-refractivity contribution in [2.45, 2.75) is 108 Å². The molecule has 50 heavy (non-hydrogen) atoms. The maximum atomic E-state index is 7.04. The molecule has 6 nitrogen and oxygen atoms in total. The lowest BCUT2D eigenvalue weighted by Gasteiger charge is -2.46. The molecule has 0 aromatic heterocycles. The smallest absolute Gasteiger partial charge is 0.186 e. The van der Waals surface area contributed by atoms with E-state index in [1.54, 1.807) is 0 Å². The molecule has 0 radical (unpaired) electrons. The molecule has 0 spiro atoms. The summed E-state index contributed by atoms with van der Waals surface area (Å²) in [6.45, 7) is 2.77. The second-order valence-electron chi connectivity index (χ2n) is 14.1. The van der Waals surface area contributed by atoms with Crippen molar-refractivity contribution in [1.29, 1.82) is 0 Å². The molecule has 1 aliphatic carbocycles. The largest absolute Gasteiger partial charge is 0.374 e. The summed E-state index contributed by atoms with van der Waals surface area (Å²) in [5.74, 6) is 0.522. The zero-order chi connectivity index (χ0) is 33.8. The lowest BCUT2D eigenvalue weighted by Crippen LogP contribution is -2.62. The van der Waals surface area contributed by atoms with E-state index < -0.39 is 30.7 Å². The molecule has 6 heteroatoms. The fourth-order valence-electron chi connectivity index (χ4n) is 7.66. The molecule has 2 aliphatic heterocycles. The zero-order valence-electron chi connectivity index (χ0n) is 29.2. The number of aryl methyl sites for hydroxylation is 2. The Balaban J connectivity index is 1.23. The van der Waals surface area contributed by atoms with Crippen molar-refractivity contribution in [3.05, 3.63) is 143 Å². The summed E-state index contributed by atoms with van der Waals surface area (Å²) in [7, 11) is 0. The molecule has 4 aromatic carbocycles. The first-order chi connectivity index (χ1) is 24.8. The second kappa shape index (κ2) is 18.2. The van der Waals surface area contributed by atoms with Gasteiger partial charge in [-0.05, 0) is 71.4 Å². The van der Waals surface area contributed by atoms with Crippen molar-refractivity contribution in [1.82, 2.24) is 0 Å². The maximum absolute atomic E-state index is 7.04. The Kier molecular flexibility index (Phi) is 12.8. The van der Waals surface area contributed by atoms with Crippen LogP contribution in [0, 0.1) is 5.92 Å². The van der Waals surface area contributed by atoms with Crippen molar-refractivity contribution < 1.29 is 28.4 Å². The predicted octanol–water partition coefficient (Wildman–Crippen LogP) is 8.77. The predicted molar refractivity (Wildman–Crippen MR) is 194 cm³/mol. The lowest BCUT2D eigenvalue weighted by molar-refractivity contribution is -0.330. The SMILES string of the molecule is c1ccc(CO[C@H]2[C@@H](OCC3CCCCC3)O[C@@H]3COCc4ccccc4CCCc4ccccc4CO[C@H]2[C@@H]3OCc2ccccc2)cc1. The number of ether oxygens (including phenoxy) is 6. The Hall–Kier alpha value is -3.36. The third-order valence-electron chi connectivity index (χ3n) is 10.5. The van der Waals surface area contributed by atoms with Gasteiger partial charge < -0.3 is 28.4 Å². The van der Waals surface area contributed by atoms with E-state index in [1.807, 2.05) is 36.4 Å². The van der Waals surface area contributed by atoms with Crippen LogP contribution >= 0.6 is 0 Å². The van der Waals surface area contributed by atoms with Gasteiger partial charge in [0.25, 0.3) is 0 Å². The Bertz CT molecular complexity index is 1570. The quantitative estimate of drug-likeness (QED) is 0.177. The van der Waals surface area contributed by atoms with Crippen molar-refractivity contribution in [2.75, 3.05) is 13.2 Å². The summed E-state index contributed by atoms with van der Waals surface area (Å²) in [6.07, 6.45) is 6.71. The number of benzene rings is 4. The number of hydrogen-bond donors (Lipinski definition) is 0. The van der Waals surface area contributed by atoms with Crippen LogP contribution in [-0.4, -0.2) is 43.9 Å². The standard InChI is InChI=1S/C44H52O6/c1-4-15-33(16-5-1)27-46-41-40-32-45-30-38-23-12-10-21-36(38)25-14-26-37-22-11-13-24-39(37)31-48-42(41)43(47-28-34-17-6-2-7-18-34)44(50-40)49-29-35-19-8-3-9-20-35/h1-2,4-7,10-13,15-18,21-24,35,40-44H,3,8-9,14,19-20,25-32H2/t40-,41-,42+,43-,44+/m1/s1. The Morgan fingerprint density at radius 3 is 1.74 bits per heavy atom. The van der Waals surface area contributed by atoms with Gasteiger partial charge in [-0.25, -0.2) is 0 Å². The van der Waals surface area contributed by atoms with Crippen LogP contribution in [-0.2, 0) is 67.7 Å². The van der Waals surface area contributed by atoms with Gasteiger partial charge in [-0.15, -0.1) is 0 Å². The van der Waals surface area contributed by atoms with Gasteiger partial charge in [0, 0.05) is 0 Å². The normalized spacial score (nSPS) is 25.1. The minimum Gasteiger partial charge on any atom is -0.374 e. The van der Waals surface area contributed by atoms with E-state index in [9.17, 15) is 0 Å². The van der Waals surface area contributed by atoms with Crippen LogP contribution in [0.3, 0.4) is 0 Å². The summed E-state index contributed by atoms with van der Waals surface area (Å²) in [5.41, 5.74) is 7.24. The first-order valence-corrected chi connectivity index (χ1v) is 18.7. The van der Waals surface area contributed by atoms with Crippen LogP contribution in [0.1, 0.15) is 71.9 Å². The van der Waals surface area contributed by atoms with E-state index in [0.717, 1.165) is 30.4 Å². The van der Waals surface area contributed by atoms with Crippen LogP contribution in [0.15, 0.2) is 109 Å². The monoisotopic (exact) mass is 676 g/mol. The average Bonchev–Trinajstić information content (AvgIpc) is 3.17. The molecule has 4 aromatic rings. The first-order valence-electron chi connectivity index (χ1n) is 18.7. The van der Waals surface area contributed by atoms with Crippen molar-refractivity contribution >= 4 is 0 Å². The molecule has 0 amide bonds. The summed E-state index contributed by atoms with van der Waals surface area (Å²) in [4.78, 5) is 0. The lowest BCUT2D eigenvalue weighted by atomic mass is 9.90. The van der Waals surface area contributed by atoms with Gasteiger partial charge in [0.2, 0.25) is 0 Å². The second-order valence-corrected chi connectivity index (χ2v) is 14.1. The zero-order valence-corrected chi connectivity index (χ0v) is 29.2. The van der Waals surface area contributed by atoms with Crippen molar-refractivity contribution in [3.63, 3.8) is 0 Å². The molecule has 5 atom stereocenters.